The van der Waals surface area contributed by atoms with E-state index in [4.69, 9.17) is 9.47 Å². The lowest BCUT2D eigenvalue weighted by Gasteiger charge is -2.23. The molecule has 0 spiro atoms. The van der Waals surface area contributed by atoms with Gasteiger partial charge in [-0.3, -0.25) is 0 Å². The monoisotopic (exact) mass is 323 g/mol. The van der Waals surface area contributed by atoms with E-state index in [0.717, 1.165) is 43.4 Å². The van der Waals surface area contributed by atoms with Crippen LogP contribution in [0.3, 0.4) is 0 Å². The Balaban J connectivity index is 1.63. The van der Waals surface area contributed by atoms with E-state index in [1.54, 1.807) is 6.07 Å². The Hall–Kier alpha value is -1.79. The van der Waals surface area contributed by atoms with Gasteiger partial charge in [0.15, 0.2) is 0 Å². The van der Waals surface area contributed by atoms with Crippen molar-refractivity contribution < 1.29 is 22.6 Å². The number of epoxide rings is 2. The summed E-state index contributed by atoms with van der Waals surface area (Å²) in [6, 6.07) is 9.39. The van der Waals surface area contributed by atoms with Gasteiger partial charge in [-0.1, -0.05) is 12.1 Å². The molecule has 2 aromatic rings. The van der Waals surface area contributed by atoms with E-state index in [9.17, 15) is 13.2 Å². The van der Waals surface area contributed by atoms with Crippen LogP contribution in [0.25, 0.3) is 10.8 Å². The predicted octanol–water partition coefficient (Wildman–Crippen LogP) is 3.46. The van der Waals surface area contributed by atoms with Crippen LogP contribution >= 0.6 is 0 Å². The number of nitrogens with zero attached hydrogens (tertiary/aromatic N) is 1. The van der Waals surface area contributed by atoms with Crippen molar-refractivity contribution in [2.45, 2.75) is 18.4 Å². The maximum absolute atomic E-state index is 12.8. The van der Waals surface area contributed by atoms with Gasteiger partial charge in [0.25, 0.3) is 0 Å². The molecular weight excluding hydrogens is 307 g/mol. The van der Waals surface area contributed by atoms with Crippen LogP contribution in [0.4, 0.5) is 18.9 Å². The van der Waals surface area contributed by atoms with Gasteiger partial charge in [0, 0.05) is 18.8 Å². The Bertz CT molecular complexity index is 709. The normalized spacial score (nSPS) is 23.1. The molecule has 2 unspecified atom stereocenters. The third kappa shape index (κ3) is 3.43. The molecule has 0 N–H and O–H groups in total. The maximum atomic E-state index is 12.8. The minimum absolute atomic E-state index is 0.247. The standard InChI is InChI=1S/C17H16F3NO2/c18-17(19,20)13-3-1-12-6-14(4-2-11(12)5-13)21(7-15-9-22-15)8-16-10-23-16/h1-6,15-16H,7-10H2. The molecule has 2 aromatic carbocycles. The van der Waals surface area contributed by atoms with Crippen molar-refractivity contribution in [2.75, 3.05) is 31.2 Å². The summed E-state index contributed by atoms with van der Waals surface area (Å²) in [5, 5.41) is 1.39. The molecule has 122 valence electrons. The van der Waals surface area contributed by atoms with Gasteiger partial charge in [-0.25, -0.2) is 0 Å². The fraction of sp³-hybridized carbons (Fsp3) is 0.412. The third-order valence-electron chi connectivity index (χ3n) is 4.17. The van der Waals surface area contributed by atoms with Crippen molar-refractivity contribution in [3.8, 4) is 0 Å². The van der Waals surface area contributed by atoms with Crippen molar-refractivity contribution in [2.24, 2.45) is 0 Å². The van der Waals surface area contributed by atoms with Gasteiger partial charge < -0.3 is 14.4 Å². The van der Waals surface area contributed by atoms with Crippen molar-refractivity contribution in [1.29, 1.82) is 0 Å². The van der Waals surface area contributed by atoms with E-state index >= 15 is 0 Å². The molecule has 2 heterocycles. The lowest BCUT2D eigenvalue weighted by Crippen LogP contribution is -2.31. The van der Waals surface area contributed by atoms with Crippen LogP contribution in [0.1, 0.15) is 5.56 Å². The summed E-state index contributed by atoms with van der Waals surface area (Å²) in [5.41, 5.74) is 0.371. The molecule has 2 fully saturated rings. The highest BCUT2D eigenvalue weighted by atomic mass is 19.4. The number of halogens is 3. The Morgan fingerprint density at radius 1 is 0.913 bits per heavy atom. The summed E-state index contributed by atoms with van der Waals surface area (Å²) in [7, 11) is 0. The second-order valence-electron chi connectivity index (χ2n) is 6.06. The lowest BCUT2D eigenvalue weighted by molar-refractivity contribution is -0.137. The molecule has 0 saturated carbocycles. The molecule has 3 nitrogen and oxygen atoms in total. The summed E-state index contributed by atoms with van der Waals surface area (Å²) in [4.78, 5) is 2.19. The van der Waals surface area contributed by atoms with Gasteiger partial charge in [-0.2, -0.15) is 13.2 Å². The van der Waals surface area contributed by atoms with Crippen LogP contribution in [-0.2, 0) is 15.7 Å². The fourth-order valence-electron chi connectivity index (χ4n) is 2.73. The van der Waals surface area contributed by atoms with E-state index in [1.807, 2.05) is 12.1 Å². The van der Waals surface area contributed by atoms with Gasteiger partial charge >= 0.3 is 6.18 Å². The summed E-state index contributed by atoms with van der Waals surface area (Å²) in [5.74, 6) is 0. The highest BCUT2D eigenvalue weighted by Gasteiger charge is 2.32. The zero-order chi connectivity index (χ0) is 16.0. The summed E-state index contributed by atoms with van der Waals surface area (Å²) in [6.45, 7) is 3.10. The SMILES string of the molecule is FC(F)(F)c1ccc2cc(N(CC3CO3)CC3CO3)ccc2c1. The number of benzene rings is 2. The largest absolute Gasteiger partial charge is 0.416 e. The molecule has 0 aliphatic carbocycles. The number of alkyl halides is 3. The Labute approximate surface area is 131 Å². The summed E-state index contributed by atoms with van der Waals surface area (Å²) in [6.07, 6.45) is -3.82. The average molecular weight is 323 g/mol. The zero-order valence-corrected chi connectivity index (χ0v) is 12.3. The molecule has 0 bridgehead atoms. The van der Waals surface area contributed by atoms with Crippen LogP contribution in [0.5, 0.6) is 0 Å². The second kappa shape index (κ2) is 5.39. The van der Waals surface area contributed by atoms with E-state index < -0.39 is 11.7 Å². The van der Waals surface area contributed by atoms with Gasteiger partial charge in [0.1, 0.15) is 0 Å². The minimum atomic E-state index is -4.31. The average Bonchev–Trinajstić information content (AvgIpc) is 3.40. The molecular formula is C17H16F3NO2. The Morgan fingerprint density at radius 3 is 2.04 bits per heavy atom. The first kappa shape index (κ1) is 14.8. The van der Waals surface area contributed by atoms with E-state index in [-0.39, 0.29) is 12.2 Å². The first-order chi connectivity index (χ1) is 11.0. The van der Waals surface area contributed by atoms with Crippen LogP contribution < -0.4 is 4.90 Å². The van der Waals surface area contributed by atoms with Crippen LogP contribution in [0.2, 0.25) is 0 Å². The van der Waals surface area contributed by atoms with Gasteiger partial charge in [-0.05, 0) is 35.0 Å². The number of fused-ring (bicyclic) bond motifs is 1. The van der Waals surface area contributed by atoms with Crippen LogP contribution in [-0.4, -0.2) is 38.5 Å². The van der Waals surface area contributed by atoms with E-state index in [1.165, 1.54) is 12.1 Å². The molecule has 0 radical (unpaired) electrons. The molecule has 2 atom stereocenters. The van der Waals surface area contributed by atoms with Crippen LogP contribution in [0.15, 0.2) is 36.4 Å². The second-order valence-corrected chi connectivity index (χ2v) is 6.06. The Kier molecular flexibility index (Phi) is 3.46. The zero-order valence-electron chi connectivity index (χ0n) is 12.3. The number of hydrogen-bond acceptors (Lipinski definition) is 3. The number of hydrogen-bond donors (Lipinski definition) is 0. The highest BCUT2D eigenvalue weighted by Crippen LogP contribution is 2.33. The van der Waals surface area contributed by atoms with Gasteiger partial charge in [-0.15, -0.1) is 0 Å². The van der Waals surface area contributed by atoms with E-state index in [2.05, 4.69) is 4.90 Å². The quantitative estimate of drug-likeness (QED) is 0.789. The minimum Gasteiger partial charge on any atom is -0.371 e. The summed E-state index contributed by atoms with van der Waals surface area (Å²) >= 11 is 0. The molecule has 2 aliphatic heterocycles. The van der Waals surface area contributed by atoms with Crippen molar-refractivity contribution >= 4 is 16.5 Å². The lowest BCUT2D eigenvalue weighted by atomic mass is 10.1. The number of ether oxygens (including phenoxy) is 2. The summed E-state index contributed by atoms with van der Waals surface area (Å²) < 4.78 is 49.0. The first-order valence-corrected chi connectivity index (χ1v) is 7.58. The van der Waals surface area contributed by atoms with E-state index in [0.29, 0.717) is 5.39 Å². The molecule has 0 amide bonds. The molecule has 2 aliphatic rings. The molecule has 2 saturated heterocycles. The number of anilines is 1. The Morgan fingerprint density at radius 2 is 1.48 bits per heavy atom. The third-order valence-corrected chi connectivity index (χ3v) is 4.17. The van der Waals surface area contributed by atoms with Crippen molar-refractivity contribution in [3.63, 3.8) is 0 Å². The van der Waals surface area contributed by atoms with Crippen molar-refractivity contribution in [1.82, 2.24) is 0 Å². The molecule has 23 heavy (non-hydrogen) atoms. The van der Waals surface area contributed by atoms with Crippen molar-refractivity contribution in [3.05, 3.63) is 42.0 Å². The predicted molar refractivity (Wildman–Crippen MR) is 80.6 cm³/mol. The van der Waals surface area contributed by atoms with Crippen LogP contribution in [0, 0.1) is 0 Å². The number of rotatable bonds is 5. The topological polar surface area (TPSA) is 28.3 Å². The van der Waals surface area contributed by atoms with Gasteiger partial charge in [0.2, 0.25) is 0 Å². The maximum Gasteiger partial charge on any atom is 0.416 e. The highest BCUT2D eigenvalue weighted by molar-refractivity contribution is 5.86. The molecule has 6 heteroatoms. The first-order valence-electron chi connectivity index (χ1n) is 7.58. The smallest absolute Gasteiger partial charge is 0.371 e. The fourth-order valence-corrected chi connectivity index (χ4v) is 2.73. The molecule has 4 rings (SSSR count). The molecule has 0 aromatic heterocycles. The van der Waals surface area contributed by atoms with Gasteiger partial charge in [0.05, 0.1) is 31.0 Å².